The van der Waals surface area contributed by atoms with E-state index >= 15 is 0 Å². The number of aliphatic hydroxyl groups excluding tert-OH is 1. The number of carbonyl (C=O) groups excluding carboxylic acids is 1. The van der Waals surface area contributed by atoms with Crippen LogP contribution in [0.4, 0.5) is 26.3 Å². The number of carbonyl (C=O) groups is 1. The van der Waals surface area contributed by atoms with Crippen molar-refractivity contribution < 1.29 is 56.3 Å². The number of thiophene rings is 1. The minimum Gasteiger partial charge on any atom is -0.512 e. The molecule has 0 amide bonds. The second-order valence-corrected chi connectivity index (χ2v) is 15.4. The van der Waals surface area contributed by atoms with Crippen molar-refractivity contribution >= 4 is 59.5 Å². The van der Waals surface area contributed by atoms with Gasteiger partial charge >= 0.3 is 12.4 Å². The molecule has 0 aliphatic heterocycles. The van der Waals surface area contributed by atoms with Crippen molar-refractivity contribution in [3.05, 3.63) is 94.7 Å². The van der Waals surface area contributed by atoms with Gasteiger partial charge in [-0.1, -0.05) is 102 Å². The number of rotatable bonds is 8. The first-order chi connectivity index (χ1) is 25.3. The van der Waals surface area contributed by atoms with Gasteiger partial charge in [0.2, 0.25) is 0 Å². The molecule has 0 saturated heterocycles. The van der Waals surface area contributed by atoms with Crippen LogP contribution in [0.3, 0.4) is 0 Å². The van der Waals surface area contributed by atoms with Gasteiger partial charge in [-0.15, -0.1) is 40.5 Å². The Hall–Kier alpha value is -3.86. The number of aromatic nitrogens is 2. The van der Waals surface area contributed by atoms with Crippen LogP contribution in [0.1, 0.15) is 91.0 Å². The Morgan fingerprint density at radius 1 is 0.800 bits per heavy atom. The Bertz CT molecular complexity index is 2350. The molecule has 55 heavy (non-hydrogen) atoms. The summed E-state index contributed by atoms with van der Waals surface area (Å²) in [4.78, 5) is 11.7. The van der Waals surface area contributed by atoms with Crippen molar-refractivity contribution in [3.8, 4) is 11.3 Å². The summed E-state index contributed by atoms with van der Waals surface area (Å²) in [5.41, 5.74) is -2.39. The summed E-state index contributed by atoms with van der Waals surface area (Å²) in [6.45, 7) is 14.1. The fourth-order valence-electron chi connectivity index (χ4n) is 6.94. The standard InChI is InChI=1S/C30H19F6N2S.C13H24O2.Ir/c1-28(2,3)22-13-18(11-17-10-16-8-9-39-23(16)14-20(17)22)26-21-12-15-6-4-5-7-19(15)25(29(31,32)33)24(21)27(38-37-26)30(34,35)36;1-5-10(6-2)12(14)9-13(15)11(7-3)8-4;/h4-10,12-14H,1-3H3;9-11,14H,5-8H2,1-4H3;/q-1;;/b;12-9-;. The molecule has 0 aliphatic carbocycles. The van der Waals surface area contributed by atoms with E-state index in [0.29, 0.717) is 5.39 Å². The molecule has 0 spiro atoms. The van der Waals surface area contributed by atoms with Gasteiger partial charge in [0.1, 0.15) is 0 Å². The van der Waals surface area contributed by atoms with Crippen LogP contribution in [0.2, 0.25) is 0 Å². The largest absolute Gasteiger partial charge is 0.512 e. The summed E-state index contributed by atoms with van der Waals surface area (Å²) in [5, 5.41) is 20.0. The molecule has 1 N–H and O–H groups in total. The van der Waals surface area contributed by atoms with Crippen molar-refractivity contribution in [3.63, 3.8) is 0 Å². The molecule has 6 rings (SSSR count). The predicted molar refractivity (Wildman–Crippen MR) is 207 cm³/mol. The molecule has 0 fully saturated rings. The molecule has 6 aromatic rings. The molecule has 1 radical (unpaired) electrons. The Morgan fingerprint density at radius 3 is 2.02 bits per heavy atom. The van der Waals surface area contributed by atoms with Crippen LogP contribution in [-0.4, -0.2) is 21.1 Å². The maximum absolute atomic E-state index is 14.5. The SMILES string of the molecule is CC(C)(C)c1cc(-c2nnc(C(F)(F)F)c3c(C(F)(F)F)c4ccccc4cc23)[c-]c2cc3ccsc3cc12.CCC(CC)C(=O)/C=C(\O)C(CC)CC.[Ir]. The van der Waals surface area contributed by atoms with Crippen molar-refractivity contribution in [2.24, 2.45) is 11.8 Å². The molecule has 4 nitrogen and oxygen atoms in total. The summed E-state index contributed by atoms with van der Waals surface area (Å²) in [5.74, 6) is 0.547. The van der Waals surface area contributed by atoms with E-state index in [-0.39, 0.29) is 70.9 Å². The van der Waals surface area contributed by atoms with Crippen LogP contribution in [-0.2, 0) is 42.7 Å². The van der Waals surface area contributed by atoms with E-state index in [9.17, 15) is 36.2 Å². The average molecular weight is 958 g/mol. The first-order valence-electron chi connectivity index (χ1n) is 18.0. The molecule has 2 aromatic heterocycles. The number of hydrogen-bond donors (Lipinski definition) is 1. The van der Waals surface area contributed by atoms with Gasteiger partial charge < -0.3 is 5.11 Å². The van der Waals surface area contributed by atoms with E-state index in [1.807, 2.05) is 72.0 Å². The molecule has 0 bridgehead atoms. The summed E-state index contributed by atoms with van der Waals surface area (Å²) >= 11 is 1.58. The van der Waals surface area contributed by atoms with E-state index in [2.05, 4.69) is 16.3 Å². The normalized spacial score (nSPS) is 12.8. The predicted octanol–water partition coefficient (Wildman–Crippen LogP) is 13.8. The third kappa shape index (κ3) is 9.24. The van der Waals surface area contributed by atoms with Gasteiger partial charge in [0.25, 0.3) is 0 Å². The number of nitrogens with zero attached hydrogens (tertiary/aromatic N) is 2. The van der Waals surface area contributed by atoms with Crippen molar-refractivity contribution in [1.29, 1.82) is 0 Å². The van der Waals surface area contributed by atoms with E-state index in [4.69, 9.17) is 0 Å². The Balaban J connectivity index is 0.000000360. The van der Waals surface area contributed by atoms with Crippen molar-refractivity contribution in [2.75, 3.05) is 0 Å². The molecule has 295 valence electrons. The van der Waals surface area contributed by atoms with E-state index in [1.54, 1.807) is 23.5 Å². The third-order valence-corrected chi connectivity index (χ3v) is 10.8. The number of halogens is 6. The molecule has 0 aliphatic rings. The second-order valence-electron chi connectivity index (χ2n) is 14.5. The smallest absolute Gasteiger partial charge is 0.435 e. The zero-order chi connectivity index (χ0) is 39.7. The van der Waals surface area contributed by atoms with Crippen LogP contribution in [0.25, 0.3) is 53.7 Å². The third-order valence-electron chi connectivity index (χ3n) is 9.93. The van der Waals surface area contributed by atoms with Crippen LogP contribution in [0.5, 0.6) is 0 Å². The fraction of sp³-hybridized carbons (Fsp3) is 0.372. The minimum absolute atomic E-state index is 0. The zero-order valence-corrected chi connectivity index (χ0v) is 34.8. The topological polar surface area (TPSA) is 63.1 Å². The number of allylic oxidation sites excluding steroid dienone is 2. The monoisotopic (exact) mass is 958 g/mol. The molecular formula is C43H43F6IrN2O2S-. The maximum Gasteiger partial charge on any atom is 0.435 e. The summed E-state index contributed by atoms with van der Waals surface area (Å²) in [6, 6.07) is 17.8. The summed E-state index contributed by atoms with van der Waals surface area (Å²) in [7, 11) is 0. The van der Waals surface area contributed by atoms with E-state index in [0.717, 1.165) is 46.7 Å². The van der Waals surface area contributed by atoms with E-state index in [1.165, 1.54) is 30.3 Å². The maximum atomic E-state index is 14.5. The Kier molecular flexibility index (Phi) is 13.6. The van der Waals surface area contributed by atoms with Crippen molar-refractivity contribution in [1.82, 2.24) is 10.2 Å². The summed E-state index contributed by atoms with van der Waals surface area (Å²) < 4.78 is 86.8. The number of ketones is 1. The molecule has 12 heteroatoms. The molecule has 0 unspecified atom stereocenters. The first-order valence-corrected chi connectivity index (χ1v) is 18.9. The van der Waals surface area contributed by atoms with Crippen LogP contribution < -0.4 is 0 Å². The molecule has 4 aromatic carbocycles. The quantitative estimate of drug-likeness (QED) is 0.0543. The molecule has 0 saturated carbocycles. The van der Waals surface area contributed by atoms with Gasteiger partial charge in [0.05, 0.1) is 11.3 Å². The van der Waals surface area contributed by atoms with Crippen LogP contribution in [0.15, 0.2) is 71.8 Å². The Labute approximate surface area is 334 Å². The van der Waals surface area contributed by atoms with Gasteiger partial charge in [0, 0.05) is 53.8 Å². The van der Waals surface area contributed by atoms with E-state index < -0.39 is 34.4 Å². The number of alkyl halides is 6. The Morgan fingerprint density at radius 2 is 1.44 bits per heavy atom. The number of hydrogen-bond acceptors (Lipinski definition) is 5. The summed E-state index contributed by atoms with van der Waals surface area (Å²) in [6.07, 6.45) is -5.32. The molecule has 2 heterocycles. The number of fused-ring (bicyclic) bond motifs is 4. The van der Waals surface area contributed by atoms with Crippen LogP contribution >= 0.6 is 11.3 Å². The molecular weight excluding hydrogens is 915 g/mol. The average Bonchev–Trinajstić information content (AvgIpc) is 3.56. The molecule has 0 atom stereocenters. The first kappa shape index (κ1) is 43.9. The van der Waals surface area contributed by atoms with Gasteiger partial charge in [0.15, 0.2) is 11.5 Å². The second kappa shape index (κ2) is 17.1. The number of aliphatic hydroxyl groups is 1. The zero-order valence-electron chi connectivity index (χ0n) is 31.6. The van der Waals surface area contributed by atoms with Gasteiger partial charge in [-0.3, -0.25) is 4.79 Å². The fourth-order valence-corrected chi connectivity index (χ4v) is 7.75. The minimum atomic E-state index is -5.15. The van der Waals surface area contributed by atoms with Gasteiger partial charge in [-0.25, -0.2) is 0 Å². The van der Waals surface area contributed by atoms with Gasteiger partial charge in [-0.05, 0) is 58.0 Å². The van der Waals surface area contributed by atoms with Gasteiger partial charge in [-0.2, -0.15) is 36.5 Å². The van der Waals surface area contributed by atoms with Crippen LogP contribution in [0, 0.1) is 17.9 Å². The number of benzene rings is 4. The van der Waals surface area contributed by atoms with Crippen molar-refractivity contribution in [2.45, 2.75) is 91.9 Å².